The Hall–Kier alpha value is -3.86. The largest absolute Gasteiger partial charge is 0.382 e. The predicted octanol–water partition coefficient (Wildman–Crippen LogP) is 2.02. The molecular formula is C22H24N6O2. The second kappa shape index (κ2) is 9.09. The summed E-state index contributed by atoms with van der Waals surface area (Å²) in [5.41, 5.74) is 14.0. The van der Waals surface area contributed by atoms with Crippen molar-refractivity contribution < 1.29 is 9.59 Å². The number of benzene rings is 1. The molecule has 4 N–H and O–H groups in total. The Morgan fingerprint density at radius 1 is 1.13 bits per heavy atom. The van der Waals surface area contributed by atoms with Gasteiger partial charge in [-0.3, -0.25) is 14.0 Å². The van der Waals surface area contributed by atoms with Gasteiger partial charge in [-0.25, -0.2) is 9.97 Å². The zero-order valence-corrected chi connectivity index (χ0v) is 17.1. The van der Waals surface area contributed by atoms with Crippen molar-refractivity contribution in [1.82, 2.24) is 19.3 Å². The highest BCUT2D eigenvalue weighted by Gasteiger charge is 2.15. The number of nitrogens with zero attached hydrogens (tertiary/aromatic N) is 4. The maximum atomic E-state index is 11.1. The fraction of sp³-hybridized carbons (Fsp3) is 0.273. The third-order valence-corrected chi connectivity index (χ3v) is 4.83. The standard InChI is InChI=1S/C14H13N5O.C8H11NO/c1-8-18-11(12-13(15)17-6-7-19(8)12)9-2-4-10(5-3-9)14(16)20;1-2-5-8(10)9-6-3-4-7-9/h2-7H,1H3,(H2,15,17)(H2,16,20);3-4,6-7H2,1H3. The Morgan fingerprint density at radius 3 is 2.40 bits per heavy atom. The number of nitrogen functional groups attached to an aromatic ring is 1. The summed E-state index contributed by atoms with van der Waals surface area (Å²) in [4.78, 5) is 32.5. The van der Waals surface area contributed by atoms with E-state index in [0.717, 1.165) is 48.5 Å². The first-order chi connectivity index (χ1) is 14.4. The van der Waals surface area contributed by atoms with Gasteiger partial charge in [-0.05, 0) is 44.7 Å². The van der Waals surface area contributed by atoms with Crippen LogP contribution in [0.25, 0.3) is 16.8 Å². The SMILES string of the molecule is CC#CC(=O)N1CCCC1.Cc1nc(-c2ccc(C(N)=O)cc2)c2c(N)nccn12. The number of imidazole rings is 1. The molecule has 1 aliphatic heterocycles. The third-order valence-electron chi connectivity index (χ3n) is 4.83. The number of aryl methyl sites for hydroxylation is 1. The van der Waals surface area contributed by atoms with Gasteiger partial charge in [0.05, 0.1) is 0 Å². The molecule has 0 radical (unpaired) electrons. The van der Waals surface area contributed by atoms with Gasteiger partial charge in [0.25, 0.3) is 5.91 Å². The quantitative estimate of drug-likeness (QED) is 0.633. The summed E-state index contributed by atoms with van der Waals surface area (Å²) in [5, 5.41) is 0. The van der Waals surface area contributed by atoms with Gasteiger partial charge in [-0.2, -0.15) is 0 Å². The van der Waals surface area contributed by atoms with E-state index < -0.39 is 5.91 Å². The lowest BCUT2D eigenvalue weighted by atomic mass is 10.1. The van der Waals surface area contributed by atoms with E-state index in [1.165, 1.54) is 0 Å². The topological polar surface area (TPSA) is 120 Å². The van der Waals surface area contributed by atoms with E-state index >= 15 is 0 Å². The van der Waals surface area contributed by atoms with Gasteiger partial charge in [0.1, 0.15) is 22.9 Å². The lowest BCUT2D eigenvalue weighted by Crippen LogP contribution is -2.25. The molecule has 3 heterocycles. The normalized spacial score (nSPS) is 12.7. The van der Waals surface area contributed by atoms with Crippen molar-refractivity contribution in [3.8, 4) is 23.1 Å². The number of hydrogen-bond acceptors (Lipinski definition) is 5. The first-order valence-corrected chi connectivity index (χ1v) is 9.63. The van der Waals surface area contributed by atoms with E-state index in [9.17, 15) is 9.59 Å². The Bertz CT molecular complexity index is 1130. The minimum atomic E-state index is -0.455. The minimum absolute atomic E-state index is 0.0139. The van der Waals surface area contributed by atoms with E-state index in [2.05, 4.69) is 21.8 Å². The summed E-state index contributed by atoms with van der Waals surface area (Å²) in [6.45, 7) is 5.38. The number of likely N-dealkylation sites (tertiary alicyclic amines) is 1. The summed E-state index contributed by atoms with van der Waals surface area (Å²) < 4.78 is 1.89. The highest BCUT2D eigenvalue weighted by molar-refractivity contribution is 5.94. The zero-order valence-electron chi connectivity index (χ0n) is 17.1. The van der Waals surface area contributed by atoms with Crippen molar-refractivity contribution in [1.29, 1.82) is 0 Å². The van der Waals surface area contributed by atoms with Crippen molar-refractivity contribution in [3.05, 3.63) is 48.0 Å². The molecule has 8 nitrogen and oxygen atoms in total. The van der Waals surface area contributed by atoms with Crippen LogP contribution < -0.4 is 11.5 Å². The molecule has 0 bridgehead atoms. The van der Waals surface area contributed by atoms with Gasteiger partial charge in [0, 0.05) is 36.6 Å². The molecule has 0 saturated carbocycles. The monoisotopic (exact) mass is 404 g/mol. The molecule has 1 aromatic carbocycles. The van der Waals surface area contributed by atoms with E-state index in [4.69, 9.17) is 11.5 Å². The van der Waals surface area contributed by atoms with Gasteiger partial charge < -0.3 is 16.4 Å². The van der Waals surface area contributed by atoms with Crippen LogP contribution in [0.4, 0.5) is 5.82 Å². The van der Waals surface area contributed by atoms with Gasteiger partial charge in [-0.1, -0.05) is 18.1 Å². The van der Waals surface area contributed by atoms with E-state index in [1.807, 2.05) is 17.5 Å². The van der Waals surface area contributed by atoms with Crippen LogP contribution in [-0.4, -0.2) is 44.2 Å². The van der Waals surface area contributed by atoms with Gasteiger partial charge >= 0.3 is 0 Å². The summed E-state index contributed by atoms with van der Waals surface area (Å²) in [6, 6.07) is 6.94. The van der Waals surface area contributed by atoms with Gasteiger partial charge in [-0.15, -0.1) is 0 Å². The van der Waals surface area contributed by atoms with E-state index in [1.54, 1.807) is 42.3 Å². The van der Waals surface area contributed by atoms with Crippen molar-refractivity contribution in [3.63, 3.8) is 0 Å². The van der Waals surface area contributed by atoms with Crippen molar-refractivity contribution >= 4 is 23.1 Å². The van der Waals surface area contributed by atoms with E-state index in [0.29, 0.717) is 11.4 Å². The van der Waals surface area contributed by atoms with Crippen molar-refractivity contribution in [2.45, 2.75) is 26.7 Å². The van der Waals surface area contributed by atoms with Crippen LogP contribution in [0.15, 0.2) is 36.7 Å². The number of carbonyl (C=O) groups is 2. The van der Waals surface area contributed by atoms with Crippen LogP contribution in [0.1, 0.15) is 35.9 Å². The van der Waals surface area contributed by atoms with Crippen LogP contribution in [0.5, 0.6) is 0 Å². The predicted molar refractivity (Wildman–Crippen MR) is 115 cm³/mol. The summed E-state index contributed by atoms with van der Waals surface area (Å²) in [6.07, 6.45) is 5.72. The molecule has 4 rings (SSSR count). The van der Waals surface area contributed by atoms with Crippen molar-refractivity contribution in [2.24, 2.45) is 5.73 Å². The smallest absolute Gasteiger partial charge is 0.298 e. The molecule has 3 aromatic rings. The number of amides is 2. The number of hydrogen-bond donors (Lipinski definition) is 2. The highest BCUT2D eigenvalue weighted by atomic mass is 16.2. The number of anilines is 1. The molecule has 154 valence electrons. The number of aromatic nitrogens is 3. The number of rotatable bonds is 2. The molecule has 1 saturated heterocycles. The molecule has 2 amide bonds. The van der Waals surface area contributed by atoms with Crippen molar-refractivity contribution in [2.75, 3.05) is 18.8 Å². The zero-order chi connectivity index (χ0) is 21.7. The first-order valence-electron chi connectivity index (χ1n) is 9.63. The summed E-state index contributed by atoms with van der Waals surface area (Å²) in [5.74, 6) is 5.90. The van der Waals surface area contributed by atoms with Crippen LogP contribution in [0, 0.1) is 18.8 Å². The Labute approximate surface area is 174 Å². The second-order valence-corrected chi connectivity index (χ2v) is 6.85. The maximum absolute atomic E-state index is 11.1. The Balaban J connectivity index is 0.000000216. The Morgan fingerprint density at radius 2 is 1.80 bits per heavy atom. The lowest BCUT2D eigenvalue weighted by Gasteiger charge is -2.09. The first kappa shape index (κ1) is 20.9. The number of nitrogens with two attached hydrogens (primary N) is 2. The average Bonchev–Trinajstić information content (AvgIpc) is 3.38. The number of primary amides is 1. The molecule has 1 fully saturated rings. The molecule has 2 aromatic heterocycles. The molecule has 0 spiro atoms. The molecule has 8 heteroatoms. The Kier molecular flexibility index (Phi) is 6.32. The number of fused-ring (bicyclic) bond motifs is 1. The second-order valence-electron chi connectivity index (χ2n) is 6.85. The molecule has 0 unspecified atom stereocenters. The summed E-state index contributed by atoms with van der Waals surface area (Å²) in [7, 11) is 0. The van der Waals surface area contributed by atoms with Gasteiger partial charge in [0.15, 0.2) is 0 Å². The van der Waals surface area contributed by atoms with Crippen LogP contribution in [0.3, 0.4) is 0 Å². The molecule has 30 heavy (non-hydrogen) atoms. The molecule has 0 atom stereocenters. The fourth-order valence-electron chi connectivity index (χ4n) is 3.31. The maximum Gasteiger partial charge on any atom is 0.298 e. The molecular weight excluding hydrogens is 380 g/mol. The van der Waals surface area contributed by atoms with Crippen LogP contribution in [-0.2, 0) is 4.79 Å². The lowest BCUT2D eigenvalue weighted by molar-refractivity contribution is -0.124. The van der Waals surface area contributed by atoms with Crippen LogP contribution >= 0.6 is 0 Å². The molecule has 0 aliphatic carbocycles. The minimum Gasteiger partial charge on any atom is -0.382 e. The molecule has 1 aliphatic rings. The summed E-state index contributed by atoms with van der Waals surface area (Å²) >= 11 is 0. The number of carbonyl (C=O) groups excluding carboxylic acids is 2. The fourth-order valence-corrected chi connectivity index (χ4v) is 3.31. The highest BCUT2D eigenvalue weighted by Crippen LogP contribution is 2.27. The van der Waals surface area contributed by atoms with Crippen LogP contribution in [0.2, 0.25) is 0 Å². The van der Waals surface area contributed by atoms with Gasteiger partial charge in [0.2, 0.25) is 5.91 Å². The van der Waals surface area contributed by atoms with E-state index in [-0.39, 0.29) is 5.91 Å². The third kappa shape index (κ3) is 4.41. The average molecular weight is 404 g/mol.